The quantitative estimate of drug-likeness (QED) is 0.770. The summed E-state index contributed by atoms with van der Waals surface area (Å²) in [5.74, 6) is 0.576. The van der Waals surface area contributed by atoms with Gasteiger partial charge in [-0.2, -0.15) is 0 Å². The van der Waals surface area contributed by atoms with E-state index in [0.29, 0.717) is 25.6 Å². The lowest BCUT2D eigenvalue weighted by Crippen LogP contribution is -2.40. The summed E-state index contributed by atoms with van der Waals surface area (Å²) in [5.41, 5.74) is -0.681. The van der Waals surface area contributed by atoms with Crippen LogP contribution in [0.4, 0.5) is 5.82 Å². The molecule has 7 heteroatoms. The molecule has 0 aliphatic carbocycles. The van der Waals surface area contributed by atoms with Gasteiger partial charge in [0.05, 0.1) is 20.0 Å². The van der Waals surface area contributed by atoms with Gasteiger partial charge < -0.3 is 24.5 Å². The van der Waals surface area contributed by atoms with Gasteiger partial charge in [0.15, 0.2) is 5.82 Å². The molecule has 2 N–H and O–H groups in total. The van der Waals surface area contributed by atoms with Crippen LogP contribution in [-0.2, 0) is 9.47 Å². The Morgan fingerprint density at radius 1 is 1.61 bits per heavy atom. The molecule has 1 aromatic heterocycles. The lowest BCUT2D eigenvalue weighted by atomic mass is 10.0. The van der Waals surface area contributed by atoms with Crippen LogP contribution >= 0.6 is 0 Å². The highest BCUT2D eigenvalue weighted by Gasteiger charge is 2.35. The summed E-state index contributed by atoms with van der Waals surface area (Å²) in [6.45, 7) is 1.72. The average molecular weight is 255 g/mol. The first-order chi connectivity index (χ1) is 8.71. The predicted molar refractivity (Wildman–Crippen MR) is 65.1 cm³/mol. The van der Waals surface area contributed by atoms with Crippen LogP contribution in [0.25, 0.3) is 0 Å². The molecule has 1 aliphatic heterocycles. The van der Waals surface area contributed by atoms with Gasteiger partial charge in [-0.05, 0) is 0 Å². The fraction of sp³-hybridized carbons (Fsp3) is 0.636. The Kier molecular flexibility index (Phi) is 3.83. The molecule has 1 saturated heterocycles. The van der Waals surface area contributed by atoms with E-state index < -0.39 is 0 Å². The molecule has 0 spiro atoms. The summed E-state index contributed by atoms with van der Waals surface area (Å²) < 4.78 is 15.8. The average Bonchev–Trinajstić information content (AvgIpc) is 2.86. The van der Waals surface area contributed by atoms with Gasteiger partial charge in [0, 0.05) is 26.7 Å². The zero-order chi connectivity index (χ0) is 13.0. The Bertz CT molecular complexity index is 454. The zero-order valence-electron chi connectivity index (χ0n) is 10.5. The molecule has 0 saturated carbocycles. The van der Waals surface area contributed by atoms with Crippen molar-refractivity contribution in [3.63, 3.8) is 0 Å². The molecular formula is C11H17N3O4. The SMILES string of the molecule is COc1c(NCC2(OC)CCOC2)nc[nH]c1=O. The second-order valence-corrected chi connectivity index (χ2v) is 4.16. The van der Waals surface area contributed by atoms with E-state index in [2.05, 4.69) is 15.3 Å². The molecule has 0 radical (unpaired) electrons. The highest BCUT2D eigenvalue weighted by atomic mass is 16.5. The molecule has 2 rings (SSSR count). The molecule has 0 bridgehead atoms. The minimum absolute atomic E-state index is 0.169. The Morgan fingerprint density at radius 3 is 3.06 bits per heavy atom. The Balaban J connectivity index is 2.10. The lowest BCUT2D eigenvalue weighted by Gasteiger charge is -2.26. The second kappa shape index (κ2) is 5.36. The number of rotatable bonds is 5. The molecule has 1 fully saturated rings. The van der Waals surface area contributed by atoms with E-state index >= 15 is 0 Å². The van der Waals surface area contributed by atoms with Crippen molar-refractivity contribution < 1.29 is 14.2 Å². The Morgan fingerprint density at radius 2 is 2.44 bits per heavy atom. The van der Waals surface area contributed by atoms with Crippen molar-refractivity contribution in [2.75, 3.05) is 39.3 Å². The van der Waals surface area contributed by atoms with Crippen LogP contribution in [-0.4, -0.2) is 49.5 Å². The summed E-state index contributed by atoms with van der Waals surface area (Å²) in [6.07, 6.45) is 2.14. The molecule has 0 aromatic carbocycles. The molecule has 1 aromatic rings. The van der Waals surface area contributed by atoms with Crippen molar-refractivity contribution >= 4 is 5.82 Å². The molecule has 18 heavy (non-hydrogen) atoms. The Labute approximate surface area is 104 Å². The van der Waals surface area contributed by atoms with Crippen molar-refractivity contribution in [1.29, 1.82) is 0 Å². The third-order valence-corrected chi connectivity index (χ3v) is 3.09. The summed E-state index contributed by atoms with van der Waals surface area (Å²) in [5, 5.41) is 3.08. The third-order valence-electron chi connectivity index (χ3n) is 3.09. The van der Waals surface area contributed by atoms with Crippen LogP contribution in [0.15, 0.2) is 11.1 Å². The third kappa shape index (κ3) is 2.46. The first-order valence-electron chi connectivity index (χ1n) is 5.69. The number of ether oxygens (including phenoxy) is 3. The molecular weight excluding hydrogens is 238 g/mol. The second-order valence-electron chi connectivity index (χ2n) is 4.16. The molecule has 1 unspecified atom stereocenters. The summed E-state index contributed by atoms with van der Waals surface area (Å²) in [4.78, 5) is 18.0. The minimum atomic E-state index is -0.366. The highest BCUT2D eigenvalue weighted by molar-refractivity contribution is 5.48. The monoisotopic (exact) mass is 255 g/mol. The van der Waals surface area contributed by atoms with Crippen LogP contribution in [0.5, 0.6) is 5.75 Å². The van der Waals surface area contributed by atoms with Gasteiger partial charge in [0.2, 0.25) is 5.75 Å². The molecule has 100 valence electrons. The highest BCUT2D eigenvalue weighted by Crippen LogP contribution is 2.24. The lowest BCUT2D eigenvalue weighted by molar-refractivity contribution is -0.00628. The molecule has 1 atom stereocenters. The van der Waals surface area contributed by atoms with E-state index in [1.165, 1.54) is 13.4 Å². The topological polar surface area (TPSA) is 85.5 Å². The minimum Gasteiger partial charge on any atom is -0.489 e. The normalized spacial score (nSPS) is 23.0. The summed E-state index contributed by atoms with van der Waals surface area (Å²) in [7, 11) is 3.08. The number of anilines is 1. The van der Waals surface area contributed by atoms with Gasteiger partial charge in [-0.15, -0.1) is 0 Å². The molecule has 1 aliphatic rings. The van der Waals surface area contributed by atoms with Gasteiger partial charge in [-0.1, -0.05) is 0 Å². The van der Waals surface area contributed by atoms with E-state index in [4.69, 9.17) is 14.2 Å². The number of methoxy groups -OCH3 is 2. The fourth-order valence-corrected chi connectivity index (χ4v) is 1.91. The number of aromatic nitrogens is 2. The van der Waals surface area contributed by atoms with Crippen molar-refractivity contribution in [2.24, 2.45) is 0 Å². The number of hydrogen-bond donors (Lipinski definition) is 2. The first-order valence-corrected chi connectivity index (χ1v) is 5.69. The van der Waals surface area contributed by atoms with Crippen LogP contribution in [0.3, 0.4) is 0 Å². The van der Waals surface area contributed by atoms with Gasteiger partial charge in [-0.25, -0.2) is 4.98 Å². The van der Waals surface area contributed by atoms with Gasteiger partial charge in [0.25, 0.3) is 5.56 Å². The van der Waals surface area contributed by atoms with E-state index in [0.717, 1.165) is 6.42 Å². The largest absolute Gasteiger partial charge is 0.489 e. The summed E-state index contributed by atoms with van der Waals surface area (Å²) >= 11 is 0. The predicted octanol–water partition coefficient (Wildman–Crippen LogP) is -0.00410. The van der Waals surface area contributed by atoms with E-state index in [1.54, 1.807) is 7.11 Å². The summed E-state index contributed by atoms with van der Waals surface area (Å²) in [6, 6.07) is 0. The van der Waals surface area contributed by atoms with E-state index in [1.807, 2.05) is 0 Å². The van der Waals surface area contributed by atoms with Crippen molar-refractivity contribution in [3.05, 3.63) is 16.7 Å². The maximum atomic E-state index is 11.5. The molecule has 2 heterocycles. The van der Waals surface area contributed by atoms with Crippen LogP contribution in [0.2, 0.25) is 0 Å². The van der Waals surface area contributed by atoms with Crippen LogP contribution < -0.4 is 15.6 Å². The smallest absolute Gasteiger partial charge is 0.295 e. The van der Waals surface area contributed by atoms with Crippen molar-refractivity contribution in [3.8, 4) is 5.75 Å². The van der Waals surface area contributed by atoms with Crippen molar-refractivity contribution in [1.82, 2.24) is 9.97 Å². The number of nitrogens with one attached hydrogen (secondary N) is 2. The molecule has 0 amide bonds. The number of hydrogen-bond acceptors (Lipinski definition) is 6. The standard InChI is InChI=1S/C11H17N3O4/c1-16-8-9(13-7-14-10(8)15)12-5-11(17-2)3-4-18-6-11/h7H,3-6H2,1-2H3,(H2,12,13,14,15). The zero-order valence-corrected chi connectivity index (χ0v) is 10.5. The van der Waals surface area contributed by atoms with E-state index in [-0.39, 0.29) is 16.9 Å². The number of nitrogens with zero attached hydrogens (tertiary/aromatic N) is 1. The molecule has 7 nitrogen and oxygen atoms in total. The number of aromatic amines is 1. The van der Waals surface area contributed by atoms with Crippen molar-refractivity contribution in [2.45, 2.75) is 12.0 Å². The van der Waals surface area contributed by atoms with Gasteiger partial charge in [0.1, 0.15) is 5.60 Å². The Hall–Kier alpha value is -1.60. The van der Waals surface area contributed by atoms with E-state index in [9.17, 15) is 4.79 Å². The van der Waals surface area contributed by atoms with Gasteiger partial charge in [-0.3, -0.25) is 4.79 Å². The maximum absolute atomic E-state index is 11.5. The number of H-pyrrole nitrogens is 1. The van der Waals surface area contributed by atoms with Crippen LogP contribution in [0.1, 0.15) is 6.42 Å². The van der Waals surface area contributed by atoms with Crippen LogP contribution in [0, 0.1) is 0 Å². The maximum Gasteiger partial charge on any atom is 0.295 e. The first kappa shape index (κ1) is 12.8. The van der Waals surface area contributed by atoms with Gasteiger partial charge >= 0.3 is 0 Å². The fourth-order valence-electron chi connectivity index (χ4n) is 1.91.